The molecule has 98 valence electrons. The zero-order chi connectivity index (χ0) is 13.1. The molecule has 1 aromatic rings. The van der Waals surface area contributed by atoms with E-state index in [0.29, 0.717) is 12.5 Å². The maximum absolute atomic E-state index is 12.1. The number of aromatic nitrogens is 2. The van der Waals surface area contributed by atoms with Crippen molar-refractivity contribution in [3.8, 4) is 0 Å². The molecule has 0 radical (unpaired) electrons. The van der Waals surface area contributed by atoms with Gasteiger partial charge in [0.05, 0.1) is 6.42 Å². The van der Waals surface area contributed by atoms with Crippen LogP contribution in [-0.4, -0.2) is 26.7 Å². The third-order valence-electron chi connectivity index (χ3n) is 3.06. The van der Waals surface area contributed by atoms with Gasteiger partial charge >= 0.3 is 5.97 Å². The quantitative estimate of drug-likeness (QED) is 0.794. The lowest BCUT2D eigenvalue weighted by Crippen LogP contribution is -2.30. The zero-order valence-corrected chi connectivity index (χ0v) is 10.3. The minimum atomic E-state index is -0.882. The summed E-state index contributed by atoms with van der Waals surface area (Å²) in [5, 5.41) is 11.7. The minimum absolute atomic E-state index is 0.0179. The first-order valence-electron chi connectivity index (χ1n) is 6.17. The predicted octanol–water partition coefficient (Wildman–Crippen LogP) is 1.24. The van der Waals surface area contributed by atoms with E-state index in [0.717, 1.165) is 12.8 Å². The van der Waals surface area contributed by atoms with Crippen LogP contribution in [0.1, 0.15) is 38.6 Å². The van der Waals surface area contributed by atoms with Gasteiger partial charge in [-0.15, -0.1) is 0 Å². The number of carboxylic acid groups (broad SMARTS) is 1. The topological polar surface area (TPSA) is 84.2 Å². The molecule has 1 saturated carbocycles. The highest BCUT2D eigenvalue weighted by Crippen LogP contribution is 2.33. The Kier molecular flexibility index (Phi) is 3.64. The minimum Gasteiger partial charge on any atom is -0.481 e. The van der Waals surface area contributed by atoms with Crippen LogP contribution in [0.5, 0.6) is 0 Å². The largest absolute Gasteiger partial charge is 0.481 e. The normalized spacial score (nSPS) is 16.3. The highest BCUT2D eigenvalue weighted by atomic mass is 16.4. The maximum Gasteiger partial charge on any atom is 0.305 e. The number of carboxylic acids is 1. The molecular weight excluding hydrogens is 234 g/mol. The summed E-state index contributed by atoms with van der Waals surface area (Å²) < 4.78 is 1.67. The Hall–Kier alpha value is -1.85. The van der Waals surface area contributed by atoms with Gasteiger partial charge in [-0.2, -0.15) is 0 Å². The zero-order valence-electron chi connectivity index (χ0n) is 10.3. The van der Waals surface area contributed by atoms with Crippen molar-refractivity contribution in [3.63, 3.8) is 0 Å². The Morgan fingerprint density at radius 1 is 1.67 bits per heavy atom. The first-order chi connectivity index (χ1) is 8.61. The van der Waals surface area contributed by atoms with Crippen molar-refractivity contribution in [2.45, 2.75) is 44.7 Å². The van der Waals surface area contributed by atoms with E-state index in [4.69, 9.17) is 5.11 Å². The second kappa shape index (κ2) is 5.20. The van der Waals surface area contributed by atoms with E-state index < -0.39 is 5.97 Å². The van der Waals surface area contributed by atoms with E-state index in [1.165, 1.54) is 0 Å². The lowest BCUT2D eigenvalue weighted by Gasteiger charge is -2.15. The second-order valence-corrected chi connectivity index (χ2v) is 4.57. The molecule has 18 heavy (non-hydrogen) atoms. The summed E-state index contributed by atoms with van der Waals surface area (Å²) in [6, 6.07) is 0.0263. The number of nitrogens with zero attached hydrogens (tertiary/aromatic N) is 2. The van der Waals surface area contributed by atoms with Crippen LogP contribution in [0, 0.1) is 0 Å². The lowest BCUT2D eigenvalue weighted by atomic mass is 10.1. The standard InChI is InChI=1S/C12H17N3O3/c1-2-8(7-10(16)17)14-11-12(18)15(6-5-13-11)9-3-4-9/h5-6,8-9H,2-4,7H2,1H3,(H,13,14)(H,16,17). The van der Waals surface area contributed by atoms with Gasteiger partial charge in [-0.3, -0.25) is 9.59 Å². The molecule has 0 aliphatic heterocycles. The molecule has 1 aliphatic carbocycles. The third-order valence-corrected chi connectivity index (χ3v) is 3.06. The van der Waals surface area contributed by atoms with Crippen LogP contribution >= 0.6 is 0 Å². The lowest BCUT2D eigenvalue weighted by molar-refractivity contribution is -0.137. The van der Waals surface area contributed by atoms with Crippen molar-refractivity contribution < 1.29 is 9.90 Å². The van der Waals surface area contributed by atoms with Crippen LogP contribution in [-0.2, 0) is 4.79 Å². The molecule has 0 bridgehead atoms. The van der Waals surface area contributed by atoms with E-state index in [9.17, 15) is 9.59 Å². The van der Waals surface area contributed by atoms with Crippen molar-refractivity contribution in [1.82, 2.24) is 9.55 Å². The molecule has 1 unspecified atom stereocenters. The number of rotatable bonds is 6. The highest BCUT2D eigenvalue weighted by molar-refractivity contribution is 5.68. The average Bonchev–Trinajstić information content (AvgIpc) is 3.14. The molecular formula is C12H17N3O3. The summed E-state index contributed by atoms with van der Waals surface area (Å²) in [4.78, 5) is 26.8. The van der Waals surface area contributed by atoms with Gasteiger partial charge in [0.15, 0.2) is 5.82 Å². The number of nitrogens with one attached hydrogen (secondary N) is 1. The van der Waals surface area contributed by atoms with E-state index in [2.05, 4.69) is 10.3 Å². The van der Waals surface area contributed by atoms with E-state index in [1.807, 2.05) is 6.92 Å². The Morgan fingerprint density at radius 2 is 2.39 bits per heavy atom. The molecule has 2 rings (SSSR count). The van der Waals surface area contributed by atoms with Crippen LogP contribution in [0.4, 0.5) is 5.82 Å². The predicted molar refractivity (Wildman–Crippen MR) is 66.7 cm³/mol. The molecule has 2 N–H and O–H groups in total. The molecule has 1 atom stereocenters. The first-order valence-corrected chi connectivity index (χ1v) is 6.17. The van der Waals surface area contributed by atoms with Gasteiger partial charge in [0.2, 0.25) is 0 Å². The van der Waals surface area contributed by atoms with E-state index in [-0.39, 0.29) is 23.8 Å². The molecule has 6 nitrogen and oxygen atoms in total. The van der Waals surface area contributed by atoms with Crippen molar-refractivity contribution in [3.05, 3.63) is 22.7 Å². The summed E-state index contributed by atoms with van der Waals surface area (Å²) >= 11 is 0. The maximum atomic E-state index is 12.1. The highest BCUT2D eigenvalue weighted by Gasteiger charge is 2.25. The Morgan fingerprint density at radius 3 is 2.94 bits per heavy atom. The Balaban J connectivity index is 2.15. The first kappa shape index (κ1) is 12.6. The summed E-state index contributed by atoms with van der Waals surface area (Å²) in [5.41, 5.74) is -0.163. The number of aliphatic carboxylic acids is 1. The monoisotopic (exact) mass is 251 g/mol. The molecule has 0 saturated heterocycles. The van der Waals surface area contributed by atoms with Gasteiger partial charge in [-0.25, -0.2) is 4.98 Å². The fraction of sp³-hybridized carbons (Fsp3) is 0.583. The molecule has 0 amide bonds. The van der Waals surface area contributed by atoms with Crippen LogP contribution in [0.25, 0.3) is 0 Å². The molecule has 1 fully saturated rings. The van der Waals surface area contributed by atoms with Gasteiger partial charge in [-0.1, -0.05) is 6.92 Å². The van der Waals surface area contributed by atoms with Crippen molar-refractivity contribution >= 4 is 11.8 Å². The summed E-state index contributed by atoms with van der Waals surface area (Å²) in [7, 11) is 0. The van der Waals surface area contributed by atoms with Crippen molar-refractivity contribution in [1.29, 1.82) is 0 Å². The van der Waals surface area contributed by atoms with E-state index >= 15 is 0 Å². The molecule has 0 spiro atoms. The average molecular weight is 251 g/mol. The van der Waals surface area contributed by atoms with Gasteiger partial charge in [0.25, 0.3) is 5.56 Å². The summed E-state index contributed by atoms with van der Waals surface area (Å²) in [6.45, 7) is 1.88. The smallest absolute Gasteiger partial charge is 0.305 e. The van der Waals surface area contributed by atoms with Crippen LogP contribution in [0.2, 0.25) is 0 Å². The fourth-order valence-electron chi connectivity index (χ4n) is 1.87. The van der Waals surface area contributed by atoms with Gasteiger partial charge in [0, 0.05) is 24.5 Å². The summed E-state index contributed by atoms with van der Waals surface area (Å²) in [5.74, 6) is -0.634. The number of anilines is 1. The number of hydrogen-bond donors (Lipinski definition) is 2. The van der Waals surface area contributed by atoms with Gasteiger partial charge in [-0.05, 0) is 19.3 Å². The Labute approximate surface area is 105 Å². The second-order valence-electron chi connectivity index (χ2n) is 4.57. The van der Waals surface area contributed by atoms with Crippen LogP contribution < -0.4 is 10.9 Å². The summed E-state index contributed by atoms with van der Waals surface area (Å²) in [6.07, 6.45) is 5.92. The molecule has 1 aliphatic rings. The molecule has 0 aromatic carbocycles. The van der Waals surface area contributed by atoms with Crippen molar-refractivity contribution in [2.75, 3.05) is 5.32 Å². The fourth-order valence-corrected chi connectivity index (χ4v) is 1.87. The molecule has 1 aromatic heterocycles. The third kappa shape index (κ3) is 2.88. The molecule has 1 heterocycles. The van der Waals surface area contributed by atoms with Crippen LogP contribution in [0.3, 0.4) is 0 Å². The van der Waals surface area contributed by atoms with Crippen molar-refractivity contribution in [2.24, 2.45) is 0 Å². The van der Waals surface area contributed by atoms with E-state index in [1.54, 1.807) is 17.0 Å². The van der Waals surface area contributed by atoms with Crippen LogP contribution in [0.15, 0.2) is 17.2 Å². The van der Waals surface area contributed by atoms with Gasteiger partial charge in [0.1, 0.15) is 0 Å². The number of hydrogen-bond acceptors (Lipinski definition) is 4. The molecule has 6 heteroatoms. The Bertz CT molecular complexity index is 494. The number of carbonyl (C=O) groups is 1. The van der Waals surface area contributed by atoms with Gasteiger partial charge < -0.3 is 15.0 Å². The SMILES string of the molecule is CCC(CC(=O)O)Nc1nccn(C2CC2)c1=O.